The summed E-state index contributed by atoms with van der Waals surface area (Å²) >= 11 is 3.27. The highest BCUT2D eigenvalue weighted by atomic mass is 79.9. The van der Waals surface area contributed by atoms with E-state index in [1.165, 1.54) is 48.5 Å². The third-order valence-electron chi connectivity index (χ3n) is 4.18. The van der Waals surface area contributed by atoms with E-state index in [-0.39, 0.29) is 27.8 Å². The molecule has 0 atom stereocenters. The Hall–Kier alpha value is -2.79. The third kappa shape index (κ3) is 5.33. The summed E-state index contributed by atoms with van der Waals surface area (Å²) < 4.78 is 48.1. The van der Waals surface area contributed by atoms with Gasteiger partial charge in [0.1, 0.15) is 11.3 Å². The minimum atomic E-state index is -4.08. The van der Waals surface area contributed by atoms with Gasteiger partial charge >= 0.3 is 6.09 Å². The standard InChI is InChI=1S/C21H22BrFN4O4S/c1-21(2,3)31-20(28)26(4)13-15-12-18(27(25-15)17-9-6-10-24-19(17)23)32(29,30)16-8-5-7-14(22)11-16/h5-12H,13H2,1-4H3. The van der Waals surface area contributed by atoms with Crippen molar-refractivity contribution in [3.8, 4) is 5.69 Å². The van der Waals surface area contributed by atoms with Crippen LogP contribution >= 0.6 is 15.9 Å². The first kappa shape index (κ1) is 23.9. The quantitative estimate of drug-likeness (QED) is 0.460. The van der Waals surface area contributed by atoms with Crippen molar-refractivity contribution >= 4 is 31.9 Å². The van der Waals surface area contributed by atoms with E-state index >= 15 is 0 Å². The second kappa shape index (κ2) is 8.99. The molecule has 0 aliphatic heterocycles. The lowest BCUT2D eigenvalue weighted by molar-refractivity contribution is 0.0283. The molecule has 1 amide bonds. The zero-order chi connectivity index (χ0) is 23.7. The summed E-state index contributed by atoms with van der Waals surface area (Å²) in [5, 5.41) is 4.02. The largest absolute Gasteiger partial charge is 0.444 e. The number of amides is 1. The molecule has 8 nitrogen and oxygen atoms in total. The topological polar surface area (TPSA) is 94.4 Å². The van der Waals surface area contributed by atoms with E-state index in [4.69, 9.17) is 4.74 Å². The first-order valence-corrected chi connectivity index (χ1v) is 11.8. The van der Waals surface area contributed by atoms with E-state index in [2.05, 4.69) is 26.0 Å². The normalized spacial score (nSPS) is 11.9. The minimum Gasteiger partial charge on any atom is -0.444 e. The van der Waals surface area contributed by atoms with Crippen molar-refractivity contribution in [2.24, 2.45) is 0 Å². The summed E-state index contributed by atoms with van der Waals surface area (Å²) in [6.07, 6.45) is 0.651. The number of carbonyl (C=O) groups is 1. The van der Waals surface area contributed by atoms with E-state index in [1.54, 1.807) is 32.9 Å². The number of carbonyl (C=O) groups excluding carboxylic acids is 1. The number of hydrogen-bond donors (Lipinski definition) is 0. The number of pyridine rings is 1. The number of ether oxygens (including phenoxy) is 1. The van der Waals surface area contributed by atoms with Crippen molar-refractivity contribution in [1.82, 2.24) is 19.7 Å². The van der Waals surface area contributed by atoms with Crippen molar-refractivity contribution in [2.45, 2.75) is 42.8 Å². The second-order valence-electron chi connectivity index (χ2n) is 8.00. The van der Waals surface area contributed by atoms with Crippen molar-refractivity contribution < 1.29 is 22.3 Å². The molecule has 0 aliphatic carbocycles. The first-order chi connectivity index (χ1) is 14.9. The first-order valence-electron chi connectivity index (χ1n) is 9.53. The van der Waals surface area contributed by atoms with Crippen LogP contribution in [-0.4, -0.2) is 46.8 Å². The number of rotatable bonds is 5. The zero-order valence-electron chi connectivity index (χ0n) is 17.9. The number of hydrogen-bond acceptors (Lipinski definition) is 6. The molecule has 1 aromatic carbocycles. The molecule has 0 radical (unpaired) electrons. The zero-order valence-corrected chi connectivity index (χ0v) is 20.3. The van der Waals surface area contributed by atoms with Gasteiger partial charge < -0.3 is 9.64 Å². The molecular formula is C21H22BrFN4O4S. The van der Waals surface area contributed by atoms with Crippen LogP contribution in [0.4, 0.5) is 9.18 Å². The number of benzene rings is 1. The Labute approximate surface area is 194 Å². The van der Waals surface area contributed by atoms with Crippen LogP contribution in [-0.2, 0) is 21.1 Å². The van der Waals surface area contributed by atoms with Gasteiger partial charge in [-0.05, 0) is 51.1 Å². The maximum Gasteiger partial charge on any atom is 0.410 e. The molecule has 2 aromatic heterocycles. The molecule has 0 fully saturated rings. The molecule has 2 heterocycles. The second-order valence-corrected chi connectivity index (χ2v) is 10.8. The highest BCUT2D eigenvalue weighted by Crippen LogP contribution is 2.27. The highest BCUT2D eigenvalue weighted by molar-refractivity contribution is 9.10. The molecule has 3 aromatic rings. The van der Waals surface area contributed by atoms with Crippen LogP contribution in [0.3, 0.4) is 0 Å². The maximum atomic E-state index is 14.4. The predicted molar refractivity (Wildman–Crippen MR) is 119 cm³/mol. The van der Waals surface area contributed by atoms with E-state index in [0.29, 0.717) is 4.47 Å². The third-order valence-corrected chi connectivity index (χ3v) is 6.39. The van der Waals surface area contributed by atoms with Gasteiger partial charge in [-0.15, -0.1) is 0 Å². The summed E-state index contributed by atoms with van der Waals surface area (Å²) in [5.41, 5.74) is -0.596. The van der Waals surface area contributed by atoms with Crippen LogP contribution in [0.5, 0.6) is 0 Å². The molecule has 32 heavy (non-hydrogen) atoms. The van der Waals surface area contributed by atoms with Crippen molar-refractivity contribution in [1.29, 1.82) is 0 Å². The summed E-state index contributed by atoms with van der Waals surface area (Å²) in [4.78, 5) is 17.2. The summed E-state index contributed by atoms with van der Waals surface area (Å²) in [6, 6.07) is 10.3. The number of nitrogens with zero attached hydrogens (tertiary/aromatic N) is 4. The van der Waals surface area contributed by atoms with Crippen LogP contribution in [0.1, 0.15) is 26.5 Å². The monoisotopic (exact) mass is 524 g/mol. The van der Waals surface area contributed by atoms with Crippen LogP contribution < -0.4 is 0 Å². The number of halogens is 2. The van der Waals surface area contributed by atoms with E-state index in [0.717, 1.165) is 4.68 Å². The van der Waals surface area contributed by atoms with E-state index in [1.807, 2.05) is 0 Å². The fourth-order valence-corrected chi connectivity index (χ4v) is 4.78. The van der Waals surface area contributed by atoms with Crippen LogP contribution in [0.2, 0.25) is 0 Å². The molecule has 0 saturated carbocycles. The number of aromatic nitrogens is 3. The van der Waals surface area contributed by atoms with Crippen LogP contribution in [0.15, 0.2) is 63.1 Å². The summed E-state index contributed by atoms with van der Waals surface area (Å²) in [6.45, 7) is 5.16. The molecule has 11 heteroatoms. The van der Waals surface area contributed by atoms with Gasteiger partial charge in [0.25, 0.3) is 0 Å². The maximum absolute atomic E-state index is 14.4. The fraction of sp³-hybridized carbons (Fsp3) is 0.286. The van der Waals surface area contributed by atoms with Crippen molar-refractivity contribution in [3.63, 3.8) is 0 Å². The average molecular weight is 525 g/mol. The van der Waals surface area contributed by atoms with Gasteiger partial charge in [-0.2, -0.15) is 9.49 Å². The Kier molecular flexibility index (Phi) is 6.70. The van der Waals surface area contributed by atoms with Gasteiger partial charge in [0.2, 0.25) is 15.8 Å². The molecule has 0 saturated heterocycles. The van der Waals surface area contributed by atoms with Gasteiger partial charge in [-0.3, -0.25) is 0 Å². The van der Waals surface area contributed by atoms with Gasteiger partial charge in [-0.25, -0.2) is 22.9 Å². The molecular weight excluding hydrogens is 503 g/mol. The van der Waals surface area contributed by atoms with E-state index in [9.17, 15) is 17.6 Å². The molecule has 0 aliphatic rings. The SMILES string of the molecule is CN(Cc1cc(S(=O)(=O)c2cccc(Br)c2)n(-c2cccnc2F)n1)C(=O)OC(C)(C)C. The average Bonchev–Trinajstić information content (AvgIpc) is 3.11. The Morgan fingerprint density at radius 3 is 2.56 bits per heavy atom. The molecule has 170 valence electrons. The van der Waals surface area contributed by atoms with Crippen molar-refractivity contribution in [3.05, 3.63) is 64.8 Å². The van der Waals surface area contributed by atoms with Crippen molar-refractivity contribution in [2.75, 3.05) is 7.05 Å². The predicted octanol–water partition coefficient (Wildman–Crippen LogP) is 4.37. The Balaban J connectivity index is 2.07. The van der Waals surface area contributed by atoms with Crippen LogP contribution in [0, 0.1) is 5.95 Å². The molecule has 0 bridgehead atoms. The van der Waals surface area contributed by atoms with Gasteiger partial charge in [0, 0.05) is 23.8 Å². The lowest BCUT2D eigenvalue weighted by Gasteiger charge is -2.24. The Morgan fingerprint density at radius 2 is 1.94 bits per heavy atom. The van der Waals surface area contributed by atoms with Gasteiger partial charge in [0.15, 0.2) is 5.03 Å². The van der Waals surface area contributed by atoms with E-state index < -0.39 is 27.5 Å². The summed E-state index contributed by atoms with van der Waals surface area (Å²) in [7, 11) is -2.58. The lowest BCUT2D eigenvalue weighted by Crippen LogP contribution is -2.33. The summed E-state index contributed by atoms with van der Waals surface area (Å²) in [5.74, 6) is -0.881. The highest BCUT2D eigenvalue weighted by Gasteiger charge is 2.28. The minimum absolute atomic E-state index is 0.00405. The van der Waals surface area contributed by atoms with Gasteiger partial charge in [0.05, 0.1) is 17.1 Å². The Morgan fingerprint density at radius 1 is 1.22 bits per heavy atom. The lowest BCUT2D eigenvalue weighted by atomic mass is 10.2. The Bertz CT molecular complexity index is 1250. The van der Waals surface area contributed by atoms with Crippen LogP contribution in [0.25, 0.3) is 5.69 Å². The number of sulfone groups is 1. The smallest absolute Gasteiger partial charge is 0.410 e. The molecule has 0 unspecified atom stereocenters. The molecule has 0 spiro atoms. The fourth-order valence-electron chi connectivity index (χ4n) is 2.79. The van der Waals surface area contributed by atoms with Gasteiger partial charge in [-0.1, -0.05) is 22.0 Å². The molecule has 3 rings (SSSR count). The molecule has 0 N–H and O–H groups in total.